The average Bonchev–Trinajstić information content (AvgIpc) is 2.79. The van der Waals surface area contributed by atoms with Gasteiger partial charge in [0.05, 0.1) is 0 Å². The predicted molar refractivity (Wildman–Crippen MR) is 91.3 cm³/mol. The van der Waals surface area contributed by atoms with Gasteiger partial charge < -0.3 is 19.3 Å². The van der Waals surface area contributed by atoms with Crippen molar-refractivity contribution in [2.45, 2.75) is 49.9 Å². The molecule has 2 aliphatic heterocycles. The molecule has 1 saturated carbocycles. The SMILES string of the molecule is CN1CC[C@@]23CC[C@H](OC(=O)N(C)C)C[C@@H]2Oc2cccc(c23)C1. The second-order valence-corrected chi connectivity index (χ2v) is 7.72. The number of rotatable bonds is 1. The molecule has 1 aromatic carbocycles. The Kier molecular flexibility index (Phi) is 3.71. The fraction of sp³-hybridized carbons (Fsp3) is 0.632. The lowest BCUT2D eigenvalue weighted by molar-refractivity contribution is -0.00690. The third-order valence-corrected chi connectivity index (χ3v) is 5.90. The molecule has 3 atom stereocenters. The Morgan fingerprint density at radius 1 is 1.38 bits per heavy atom. The van der Waals surface area contributed by atoms with Crippen LogP contribution in [0, 0.1) is 0 Å². The molecule has 24 heavy (non-hydrogen) atoms. The van der Waals surface area contributed by atoms with Gasteiger partial charge in [-0.15, -0.1) is 0 Å². The predicted octanol–water partition coefficient (Wildman–Crippen LogP) is 2.77. The standard InChI is InChI=1S/C19H26N2O3/c1-20(2)18(22)23-14-7-8-19-9-10-21(3)12-13-5-4-6-15(17(13)19)24-16(19)11-14/h4-6,14,16H,7-12H2,1-3H3/t14-,16-,19-/m0/s1. The van der Waals surface area contributed by atoms with Crippen molar-refractivity contribution >= 4 is 6.09 Å². The van der Waals surface area contributed by atoms with Gasteiger partial charge in [-0.3, -0.25) is 0 Å². The Labute approximate surface area is 143 Å². The van der Waals surface area contributed by atoms with Gasteiger partial charge in [0, 0.05) is 38.0 Å². The molecule has 5 nitrogen and oxygen atoms in total. The van der Waals surface area contributed by atoms with E-state index >= 15 is 0 Å². The highest BCUT2D eigenvalue weighted by Crippen LogP contribution is 2.55. The first kappa shape index (κ1) is 15.8. The second-order valence-electron chi connectivity index (χ2n) is 7.72. The van der Waals surface area contributed by atoms with Crippen LogP contribution in [0.2, 0.25) is 0 Å². The molecule has 1 spiro atoms. The molecule has 0 aromatic heterocycles. The summed E-state index contributed by atoms with van der Waals surface area (Å²) in [6.07, 6.45) is 3.66. The summed E-state index contributed by atoms with van der Waals surface area (Å²) in [5.41, 5.74) is 2.92. The summed E-state index contributed by atoms with van der Waals surface area (Å²) < 4.78 is 12.0. The van der Waals surface area contributed by atoms with Crippen LogP contribution in [0.1, 0.15) is 36.8 Å². The van der Waals surface area contributed by atoms with E-state index in [-0.39, 0.29) is 23.7 Å². The van der Waals surface area contributed by atoms with Crippen molar-refractivity contribution in [3.05, 3.63) is 29.3 Å². The van der Waals surface area contributed by atoms with Gasteiger partial charge in [-0.1, -0.05) is 12.1 Å². The minimum Gasteiger partial charge on any atom is -0.489 e. The molecule has 0 bridgehead atoms. The van der Waals surface area contributed by atoms with Crippen molar-refractivity contribution < 1.29 is 14.3 Å². The zero-order chi connectivity index (χ0) is 16.9. The van der Waals surface area contributed by atoms with E-state index in [1.165, 1.54) is 16.0 Å². The number of carbonyl (C=O) groups excluding carboxylic acids is 1. The van der Waals surface area contributed by atoms with Crippen molar-refractivity contribution in [1.82, 2.24) is 9.80 Å². The Hall–Kier alpha value is -1.75. The summed E-state index contributed by atoms with van der Waals surface area (Å²) in [4.78, 5) is 15.8. The lowest BCUT2D eigenvalue weighted by atomic mass is 9.65. The van der Waals surface area contributed by atoms with Crippen LogP contribution in [-0.2, 0) is 16.7 Å². The molecule has 3 aliphatic rings. The first-order chi connectivity index (χ1) is 11.5. The molecule has 130 valence electrons. The van der Waals surface area contributed by atoms with E-state index in [0.29, 0.717) is 0 Å². The second kappa shape index (κ2) is 5.66. The topological polar surface area (TPSA) is 42.0 Å². The van der Waals surface area contributed by atoms with E-state index in [4.69, 9.17) is 9.47 Å². The zero-order valence-electron chi connectivity index (χ0n) is 14.7. The van der Waals surface area contributed by atoms with Crippen LogP contribution in [0.3, 0.4) is 0 Å². The van der Waals surface area contributed by atoms with Gasteiger partial charge in [-0.2, -0.15) is 0 Å². The molecule has 5 heteroatoms. The number of hydrogen-bond donors (Lipinski definition) is 0. The number of amides is 1. The Balaban J connectivity index is 1.62. The van der Waals surface area contributed by atoms with Gasteiger partial charge in [0.1, 0.15) is 18.0 Å². The van der Waals surface area contributed by atoms with E-state index in [9.17, 15) is 4.79 Å². The highest BCUT2D eigenvalue weighted by molar-refractivity contribution is 5.67. The number of ether oxygens (including phenoxy) is 2. The molecule has 1 aromatic rings. The van der Waals surface area contributed by atoms with Crippen molar-refractivity contribution in [2.75, 3.05) is 27.7 Å². The molecular formula is C19H26N2O3. The molecular weight excluding hydrogens is 304 g/mol. The Morgan fingerprint density at radius 3 is 3.00 bits per heavy atom. The van der Waals surface area contributed by atoms with Gasteiger partial charge in [-0.05, 0) is 44.5 Å². The van der Waals surface area contributed by atoms with E-state index in [1.54, 1.807) is 14.1 Å². The van der Waals surface area contributed by atoms with E-state index in [1.807, 2.05) is 0 Å². The lowest BCUT2D eigenvalue weighted by Crippen LogP contribution is -2.47. The fourth-order valence-corrected chi connectivity index (χ4v) is 4.66. The molecule has 1 amide bonds. The van der Waals surface area contributed by atoms with Crippen LogP contribution < -0.4 is 4.74 Å². The van der Waals surface area contributed by atoms with Crippen LogP contribution >= 0.6 is 0 Å². The van der Waals surface area contributed by atoms with Gasteiger partial charge in [0.15, 0.2) is 0 Å². The van der Waals surface area contributed by atoms with E-state index in [2.05, 4.69) is 30.1 Å². The lowest BCUT2D eigenvalue weighted by Gasteiger charge is -2.41. The summed E-state index contributed by atoms with van der Waals surface area (Å²) >= 11 is 0. The van der Waals surface area contributed by atoms with Crippen molar-refractivity contribution in [1.29, 1.82) is 0 Å². The summed E-state index contributed by atoms with van der Waals surface area (Å²) in [6.45, 7) is 2.07. The smallest absolute Gasteiger partial charge is 0.409 e. The summed E-state index contributed by atoms with van der Waals surface area (Å²) in [6, 6.07) is 6.44. The van der Waals surface area contributed by atoms with Gasteiger partial charge >= 0.3 is 6.09 Å². The fourth-order valence-electron chi connectivity index (χ4n) is 4.66. The van der Waals surface area contributed by atoms with Crippen molar-refractivity contribution in [3.63, 3.8) is 0 Å². The minimum atomic E-state index is -0.257. The van der Waals surface area contributed by atoms with Gasteiger partial charge in [0.2, 0.25) is 0 Å². The molecule has 0 radical (unpaired) electrons. The molecule has 1 aliphatic carbocycles. The quantitative estimate of drug-likeness (QED) is 0.794. The largest absolute Gasteiger partial charge is 0.489 e. The maximum absolute atomic E-state index is 11.9. The van der Waals surface area contributed by atoms with E-state index in [0.717, 1.165) is 44.5 Å². The Morgan fingerprint density at radius 2 is 2.21 bits per heavy atom. The summed E-state index contributed by atoms with van der Waals surface area (Å²) in [5, 5.41) is 0. The molecule has 2 heterocycles. The number of carbonyl (C=O) groups is 1. The molecule has 4 rings (SSSR count). The monoisotopic (exact) mass is 330 g/mol. The third-order valence-electron chi connectivity index (χ3n) is 5.90. The van der Waals surface area contributed by atoms with Crippen LogP contribution in [-0.4, -0.2) is 55.8 Å². The van der Waals surface area contributed by atoms with Crippen LogP contribution in [0.5, 0.6) is 5.75 Å². The highest BCUT2D eigenvalue weighted by Gasteiger charge is 2.54. The summed E-state index contributed by atoms with van der Waals surface area (Å²) in [5.74, 6) is 1.05. The number of benzene rings is 1. The van der Waals surface area contributed by atoms with Crippen molar-refractivity contribution in [3.8, 4) is 5.75 Å². The number of nitrogens with zero attached hydrogens (tertiary/aromatic N) is 2. The molecule has 0 unspecified atom stereocenters. The molecule has 0 N–H and O–H groups in total. The van der Waals surface area contributed by atoms with Crippen LogP contribution in [0.25, 0.3) is 0 Å². The highest BCUT2D eigenvalue weighted by atomic mass is 16.6. The van der Waals surface area contributed by atoms with Gasteiger partial charge in [-0.25, -0.2) is 4.79 Å². The van der Waals surface area contributed by atoms with Crippen LogP contribution in [0.4, 0.5) is 4.79 Å². The first-order valence-electron chi connectivity index (χ1n) is 8.85. The van der Waals surface area contributed by atoms with Crippen molar-refractivity contribution in [2.24, 2.45) is 0 Å². The first-order valence-corrected chi connectivity index (χ1v) is 8.85. The normalized spacial score (nSPS) is 31.5. The molecule has 0 saturated heterocycles. The minimum absolute atomic E-state index is 0.0470. The summed E-state index contributed by atoms with van der Waals surface area (Å²) in [7, 11) is 5.64. The molecule has 1 fully saturated rings. The third kappa shape index (κ3) is 2.37. The average molecular weight is 330 g/mol. The van der Waals surface area contributed by atoms with E-state index < -0.39 is 0 Å². The van der Waals surface area contributed by atoms with Gasteiger partial charge in [0.25, 0.3) is 0 Å². The zero-order valence-corrected chi connectivity index (χ0v) is 14.7. The van der Waals surface area contributed by atoms with Crippen LogP contribution in [0.15, 0.2) is 18.2 Å². The maximum atomic E-state index is 11.9. The number of hydrogen-bond acceptors (Lipinski definition) is 4. The Bertz CT molecular complexity index is 660. The maximum Gasteiger partial charge on any atom is 0.409 e.